The number of fused-ring (bicyclic) bond motifs is 1. The number of halogens is 1. The molecule has 0 unspecified atom stereocenters. The molecule has 0 atom stereocenters. The second kappa shape index (κ2) is 8.44. The molecule has 0 radical (unpaired) electrons. The highest BCUT2D eigenvalue weighted by Crippen LogP contribution is 2.32. The van der Waals surface area contributed by atoms with Gasteiger partial charge in [-0.05, 0) is 30.3 Å². The van der Waals surface area contributed by atoms with Crippen LogP contribution in [0.3, 0.4) is 0 Å². The zero-order valence-corrected chi connectivity index (χ0v) is 18.1. The van der Waals surface area contributed by atoms with Gasteiger partial charge in [-0.3, -0.25) is 0 Å². The zero-order chi connectivity index (χ0) is 21.2. The number of hydrogen-bond donors (Lipinski definition) is 0. The van der Waals surface area contributed by atoms with Crippen molar-refractivity contribution < 1.29 is 4.74 Å². The van der Waals surface area contributed by atoms with E-state index < -0.39 is 0 Å². The summed E-state index contributed by atoms with van der Waals surface area (Å²) in [7, 11) is 1.72. The highest BCUT2D eigenvalue weighted by molar-refractivity contribution is 6.31. The van der Waals surface area contributed by atoms with Gasteiger partial charge in [0, 0.05) is 42.2 Å². The second-order valence-corrected chi connectivity index (χ2v) is 7.98. The second-order valence-electron chi connectivity index (χ2n) is 7.54. The molecule has 156 valence electrons. The fraction of sp³-hybridized carbons (Fsp3) is 0.200. The SMILES string of the molecule is COc1ccccc1N1CCN(c2nc(-c3ccccc3)nc3ccc(Cl)cc23)CC1. The minimum atomic E-state index is 0.692. The number of methoxy groups -OCH3 is 1. The summed E-state index contributed by atoms with van der Waals surface area (Å²) < 4.78 is 5.56. The molecule has 0 spiro atoms. The van der Waals surface area contributed by atoms with E-state index in [1.165, 1.54) is 0 Å². The van der Waals surface area contributed by atoms with E-state index in [-0.39, 0.29) is 0 Å². The lowest BCUT2D eigenvalue weighted by molar-refractivity contribution is 0.413. The number of nitrogens with zero attached hydrogens (tertiary/aromatic N) is 4. The van der Waals surface area contributed by atoms with E-state index >= 15 is 0 Å². The van der Waals surface area contributed by atoms with Crippen molar-refractivity contribution in [2.75, 3.05) is 43.1 Å². The summed E-state index contributed by atoms with van der Waals surface area (Å²) >= 11 is 6.33. The molecule has 1 aliphatic rings. The predicted octanol–water partition coefficient (Wildman–Crippen LogP) is 5.29. The van der Waals surface area contributed by atoms with E-state index in [2.05, 4.69) is 21.9 Å². The van der Waals surface area contributed by atoms with Crippen LogP contribution in [0.25, 0.3) is 22.3 Å². The third-order valence-corrected chi connectivity index (χ3v) is 5.91. The van der Waals surface area contributed by atoms with Gasteiger partial charge in [0.15, 0.2) is 5.82 Å². The lowest BCUT2D eigenvalue weighted by atomic mass is 10.1. The maximum atomic E-state index is 6.33. The Hall–Kier alpha value is -3.31. The molecule has 2 heterocycles. The van der Waals surface area contributed by atoms with Gasteiger partial charge in [0.1, 0.15) is 11.6 Å². The predicted molar refractivity (Wildman–Crippen MR) is 127 cm³/mol. The van der Waals surface area contributed by atoms with Gasteiger partial charge < -0.3 is 14.5 Å². The molecule has 0 bridgehead atoms. The number of rotatable bonds is 4. The van der Waals surface area contributed by atoms with Crippen molar-refractivity contribution in [3.05, 3.63) is 77.8 Å². The van der Waals surface area contributed by atoms with Crippen LogP contribution in [0.4, 0.5) is 11.5 Å². The summed E-state index contributed by atoms with van der Waals surface area (Å²) in [6.07, 6.45) is 0. The van der Waals surface area contributed by atoms with Crippen molar-refractivity contribution in [1.82, 2.24) is 9.97 Å². The Kier molecular flexibility index (Phi) is 5.35. The highest BCUT2D eigenvalue weighted by Gasteiger charge is 2.23. The average Bonchev–Trinajstić information content (AvgIpc) is 2.84. The Bertz CT molecular complexity index is 1210. The van der Waals surface area contributed by atoms with Gasteiger partial charge in [0.25, 0.3) is 0 Å². The van der Waals surface area contributed by atoms with Crippen LogP contribution in [0, 0.1) is 0 Å². The normalized spacial score (nSPS) is 14.1. The molecule has 5 nitrogen and oxygen atoms in total. The monoisotopic (exact) mass is 430 g/mol. The third-order valence-electron chi connectivity index (χ3n) is 5.67. The summed E-state index contributed by atoms with van der Waals surface area (Å²) in [5.74, 6) is 2.57. The van der Waals surface area contributed by atoms with Crippen LogP contribution < -0.4 is 14.5 Å². The van der Waals surface area contributed by atoms with E-state index in [0.29, 0.717) is 5.02 Å². The van der Waals surface area contributed by atoms with Crippen LogP contribution in [0.2, 0.25) is 5.02 Å². The molecule has 1 saturated heterocycles. The quantitative estimate of drug-likeness (QED) is 0.440. The lowest BCUT2D eigenvalue weighted by Crippen LogP contribution is -2.47. The molecule has 0 saturated carbocycles. The summed E-state index contributed by atoms with van der Waals surface area (Å²) in [4.78, 5) is 14.5. The minimum Gasteiger partial charge on any atom is -0.495 e. The molecule has 3 aromatic carbocycles. The summed E-state index contributed by atoms with van der Waals surface area (Å²) in [6, 6.07) is 24.1. The van der Waals surface area contributed by atoms with Gasteiger partial charge in [0.05, 0.1) is 18.3 Å². The maximum absolute atomic E-state index is 6.33. The number of anilines is 2. The Morgan fingerprint density at radius 1 is 0.806 bits per heavy atom. The summed E-state index contributed by atoms with van der Waals surface area (Å²) in [5.41, 5.74) is 3.04. The molecular formula is C25H23ClN4O. The number of ether oxygens (including phenoxy) is 1. The van der Waals surface area contributed by atoms with E-state index in [4.69, 9.17) is 26.3 Å². The molecule has 0 aliphatic carbocycles. The number of para-hydroxylation sites is 2. The van der Waals surface area contributed by atoms with Gasteiger partial charge in [0.2, 0.25) is 0 Å². The molecule has 1 fully saturated rings. The van der Waals surface area contributed by atoms with Gasteiger partial charge in [-0.1, -0.05) is 54.1 Å². The first-order chi connectivity index (χ1) is 15.2. The Morgan fingerprint density at radius 3 is 2.29 bits per heavy atom. The molecule has 31 heavy (non-hydrogen) atoms. The summed E-state index contributed by atoms with van der Waals surface area (Å²) in [5, 5.41) is 1.68. The molecule has 1 aliphatic heterocycles. The van der Waals surface area contributed by atoms with Crippen LogP contribution in [-0.2, 0) is 0 Å². The van der Waals surface area contributed by atoms with Crippen molar-refractivity contribution in [1.29, 1.82) is 0 Å². The molecule has 4 aromatic rings. The molecule has 1 aromatic heterocycles. The Labute approximate surface area is 186 Å². The van der Waals surface area contributed by atoms with Crippen molar-refractivity contribution in [2.24, 2.45) is 0 Å². The van der Waals surface area contributed by atoms with E-state index in [9.17, 15) is 0 Å². The lowest BCUT2D eigenvalue weighted by Gasteiger charge is -2.37. The van der Waals surface area contributed by atoms with Crippen molar-refractivity contribution in [2.45, 2.75) is 0 Å². The Balaban J connectivity index is 1.49. The maximum Gasteiger partial charge on any atom is 0.162 e. The highest BCUT2D eigenvalue weighted by atomic mass is 35.5. The van der Waals surface area contributed by atoms with E-state index in [1.54, 1.807) is 7.11 Å². The van der Waals surface area contributed by atoms with Crippen molar-refractivity contribution in [3.63, 3.8) is 0 Å². The first kappa shape index (κ1) is 19.6. The first-order valence-corrected chi connectivity index (χ1v) is 10.8. The number of benzene rings is 3. The molecule has 0 N–H and O–H groups in total. The molecule has 5 rings (SSSR count). The minimum absolute atomic E-state index is 0.692. The number of aromatic nitrogens is 2. The third kappa shape index (κ3) is 3.89. The smallest absolute Gasteiger partial charge is 0.162 e. The summed E-state index contributed by atoms with van der Waals surface area (Å²) in [6.45, 7) is 3.47. The molecular weight excluding hydrogens is 408 g/mol. The fourth-order valence-corrected chi connectivity index (χ4v) is 4.26. The zero-order valence-electron chi connectivity index (χ0n) is 17.3. The molecule has 6 heteroatoms. The number of hydrogen-bond acceptors (Lipinski definition) is 5. The average molecular weight is 431 g/mol. The van der Waals surface area contributed by atoms with Crippen LogP contribution in [0.5, 0.6) is 5.75 Å². The largest absolute Gasteiger partial charge is 0.495 e. The van der Waals surface area contributed by atoms with Gasteiger partial charge in [-0.2, -0.15) is 0 Å². The first-order valence-electron chi connectivity index (χ1n) is 10.4. The van der Waals surface area contributed by atoms with Gasteiger partial charge in [-0.15, -0.1) is 0 Å². The van der Waals surface area contributed by atoms with Gasteiger partial charge >= 0.3 is 0 Å². The van der Waals surface area contributed by atoms with E-state index in [0.717, 1.165) is 65.7 Å². The van der Waals surface area contributed by atoms with E-state index in [1.807, 2.05) is 60.7 Å². The van der Waals surface area contributed by atoms with Crippen LogP contribution in [-0.4, -0.2) is 43.3 Å². The molecule has 0 amide bonds. The van der Waals surface area contributed by atoms with Gasteiger partial charge in [-0.25, -0.2) is 9.97 Å². The standard InChI is InChI=1S/C25H23ClN4O/c1-31-23-10-6-5-9-22(23)29-13-15-30(16-14-29)25-20-17-19(26)11-12-21(20)27-24(28-25)18-7-3-2-4-8-18/h2-12,17H,13-16H2,1H3. The fourth-order valence-electron chi connectivity index (χ4n) is 4.09. The topological polar surface area (TPSA) is 41.5 Å². The Morgan fingerprint density at radius 2 is 1.52 bits per heavy atom. The van der Waals surface area contributed by atoms with Crippen LogP contribution in [0.15, 0.2) is 72.8 Å². The van der Waals surface area contributed by atoms with Crippen molar-refractivity contribution in [3.8, 4) is 17.1 Å². The number of piperazine rings is 1. The van der Waals surface area contributed by atoms with Crippen LogP contribution in [0.1, 0.15) is 0 Å². The van der Waals surface area contributed by atoms with Crippen LogP contribution >= 0.6 is 11.6 Å². The van der Waals surface area contributed by atoms with Crippen molar-refractivity contribution >= 4 is 34.0 Å².